The smallest absolute Gasteiger partial charge is 0.319 e. The Morgan fingerprint density at radius 1 is 1.47 bits per heavy atom. The molecule has 6 nitrogen and oxygen atoms in total. The van der Waals surface area contributed by atoms with E-state index in [1.807, 2.05) is 5.32 Å². The van der Waals surface area contributed by atoms with E-state index in [0.29, 0.717) is 5.00 Å². The Labute approximate surface area is 110 Å². The van der Waals surface area contributed by atoms with Crippen LogP contribution in [0.15, 0.2) is 11.4 Å². The summed E-state index contributed by atoms with van der Waals surface area (Å²) in [4.78, 5) is 32.9. The summed E-state index contributed by atoms with van der Waals surface area (Å²) in [5.41, 5.74) is 5.08. The Morgan fingerprint density at radius 2 is 2.12 bits per heavy atom. The first-order chi connectivity index (χ1) is 7.90. The van der Waals surface area contributed by atoms with E-state index >= 15 is 0 Å². The van der Waals surface area contributed by atoms with Gasteiger partial charge in [0.1, 0.15) is 0 Å². The fraction of sp³-hybridized carbons (Fsp3) is 0.222. The number of thiophene rings is 1. The molecule has 0 bridgehead atoms. The summed E-state index contributed by atoms with van der Waals surface area (Å²) in [5, 5.41) is 6.58. The second-order valence-corrected chi connectivity index (χ2v) is 5.41. The van der Waals surface area contributed by atoms with Crippen LogP contribution in [0.5, 0.6) is 0 Å². The van der Waals surface area contributed by atoms with Gasteiger partial charge in [0.2, 0.25) is 5.91 Å². The van der Waals surface area contributed by atoms with Crippen molar-refractivity contribution in [1.29, 1.82) is 0 Å². The number of halogens is 1. The number of hydrogen-bond donors (Lipinski definition) is 3. The molecule has 1 heterocycles. The minimum atomic E-state index is -0.916. The number of nitrogens with two attached hydrogens (primary N) is 1. The molecule has 17 heavy (non-hydrogen) atoms. The Balaban J connectivity index is 2.68. The number of carbonyl (C=O) groups is 3. The van der Waals surface area contributed by atoms with Gasteiger partial charge in [-0.3, -0.25) is 14.9 Å². The number of alkyl halides is 1. The maximum Gasteiger partial charge on any atom is 0.319 e. The van der Waals surface area contributed by atoms with Crippen LogP contribution in [0.1, 0.15) is 17.3 Å². The first-order valence-corrected chi connectivity index (χ1v) is 6.34. The Kier molecular flexibility index (Phi) is 4.64. The van der Waals surface area contributed by atoms with E-state index in [2.05, 4.69) is 21.2 Å². The maximum atomic E-state index is 11.4. The molecule has 0 aliphatic rings. The van der Waals surface area contributed by atoms with Crippen LogP contribution in [0.3, 0.4) is 0 Å². The molecule has 0 radical (unpaired) electrons. The van der Waals surface area contributed by atoms with Gasteiger partial charge in [-0.05, 0) is 13.0 Å². The zero-order valence-electron chi connectivity index (χ0n) is 8.82. The lowest BCUT2D eigenvalue weighted by Crippen LogP contribution is -2.34. The van der Waals surface area contributed by atoms with Gasteiger partial charge in [-0.2, -0.15) is 0 Å². The number of hydrogen-bond acceptors (Lipinski definition) is 4. The summed E-state index contributed by atoms with van der Waals surface area (Å²) in [6.45, 7) is 1.68. The third kappa shape index (κ3) is 4.16. The van der Waals surface area contributed by atoms with Crippen LogP contribution < -0.4 is 16.4 Å². The van der Waals surface area contributed by atoms with Crippen molar-refractivity contribution in [3.05, 3.63) is 17.0 Å². The molecule has 1 unspecified atom stereocenters. The van der Waals surface area contributed by atoms with E-state index in [1.54, 1.807) is 6.92 Å². The van der Waals surface area contributed by atoms with Crippen LogP contribution in [0.4, 0.5) is 9.80 Å². The highest BCUT2D eigenvalue weighted by atomic mass is 79.9. The summed E-state index contributed by atoms with van der Waals surface area (Å²) in [6, 6.07) is 0.553. The van der Waals surface area contributed by atoms with Crippen LogP contribution in [-0.2, 0) is 4.79 Å². The number of amides is 4. The number of primary amides is 1. The molecule has 1 rings (SSSR count). The molecular formula is C9H10BrN3O3S. The van der Waals surface area contributed by atoms with Crippen LogP contribution in [-0.4, -0.2) is 22.7 Å². The highest BCUT2D eigenvalue weighted by Gasteiger charge is 2.13. The van der Waals surface area contributed by atoms with E-state index in [-0.39, 0.29) is 16.3 Å². The van der Waals surface area contributed by atoms with E-state index in [1.165, 1.54) is 22.8 Å². The molecule has 0 saturated carbocycles. The van der Waals surface area contributed by atoms with Gasteiger partial charge in [0.05, 0.1) is 15.4 Å². The van der Waals surface area contributed by atoms with Crippen LogP contribution in [0, 0.1) is 0 Å². The van der Waals surface area contributed by atoms with Crippen molar-refractivity contribution in [2.45, 2.75) is 11.8 Å². The summed E-state index contributed by atoms with van der Waals surface area (Å²) in [5.74, 6) is -0.810. The van der Waals surface area contributed by atoms with Crippen molar-refractivity contribution in [3.63, 3.8) is 0 Å². The van der Waals surface area contributed by atoms with E-state index in [9.17, 15) is 14.4 Å². The Morgan fingerprint density at radius 3 is 2.65 bits per heavy atom. The molecule has 0 fully saturated rings. The average Bonchev–Trinajstić information content (AvgIpc) is 2.65. The van der Waals surface area contributed by atoms with Crippen molar-refractivity contribution in [1.82, 2.24) is 5.32 Å². The van der Waals surface area contributed by atoms with Crippen molar-refractivity contribution in [3.8, 4) is 0 Å². The average molecular weight is 320 g/mol. The zero-order chi connectivity index (χ0) is 13.0. The highest BCUT2D eigenvalue weighted by molar-refractivity contribution is 9.10. The minimum Gasteiger partial charge on any atom is -0.351 e. The lowest BCUT2D eigenvalue weighted by molar-refractivity contribution is -0.115. The molecule has 8 heteroatoms. The molecule has 0 aromatic carbocycles. The van der Waals surface area contributed by atoms with E-state index < -0.39 is 11.9 Å². The first kappa shape index (κ1) is 13.7. The molecular weight excluding hydrogens is 310 g/mol. The van der Waals surface area contributed by atoms with E-state index in [0.717, 1.165) is 0 Å². The van der Waals surface area contributed by atoms with Crippen LogP contribution >= 0.6 is 27.3 Å². The van der Waals surface area contributed by atoms with Gasteiger partial charge in [-0.15, -0.1) is 11.3 Å². The molecule has 4 N–H and O–H groups in total. The maximum absolute atomic E-state index is 11.4. The third-order valence-corrected chi connectivity index (χ3v) is 2.97. The zero-order valence-corrected chi connectivity index (χ0v) is 11.2. The monoisotopic (exact) mass is 319 g/mol. The summed E-state index contributed by atoms with van der Waals surface area (Å²) >= 11 is 4.30. The number of anilines is 1. The summed E-state index contributed by atoms with van der Waals surface area (Å²) in [6.07, 6.45) is 0. The first-order valence-electron chi connectivity index (χ1n) is 4.54. The number of urea groups is 1. The number of nitrogens with one attached hydrogen (secondary N) is 2. The van der Waals surface area contributed by atoms with Crippen LogP contribution in [0.25, 0.3) is 0 Å². The van der Waals surface area contributed by atoms with Gasteiger partial charge in [0, 0.05) is 5.38 Å². The SMILES string of the molecule is CC(Br)C(=O)Nc1cc(C(=O)NC(N)=O)cs1. The van der Waals surface area contributed by atoms with Crippen molar-refractivity contribution < 1.29 is 14.4 Å². The van der Waals surface area contributed by atoms with Gasteiger partial charge < -0.3 is 11.1 Å². The number of carbonyl (C=O) groups excluding carboxylic acids is 3. The van der Waals surface area contributed by atoms with Gasteiger partial charge in [0.25, 0.3) is 5.91 Å². The molecule has 0 saturated heterocycles. The Hall–Kier alpha value is -1.41. The Bertz CT molecular complexity index is 458. The lowest BCUT2D eigenvalue weighted by atomic mass is 10.3. The molecule has 92 valence electrons. The molecule has 1 aromatic rings. The molecule has 4 amide bonds. The van der Waals surface area contributed by atoms with Crippen molar-refractivity contribution in [2.75, 3.05) is 5.32 Å². The molecule has 0 aliphatic carbocycles. The fourth-order valence-corrected chi connectivity index (χ4v) is 1.82. The van der Waals surface area contributed by atoms with Gasteiger partial charge in [0.15, 0.2) is 0 Å². The second kappa shape index (κ2) is 5.78. The fourth-order valence-electron chi connectivity index (χ4n) is 0.926. The number of rotatable bonds is 3. The van der Waals surface area contributed by atoms with Gasteiger partial charge in [-0.1, -0.05) is 15.9 Å². The largest absolute Gasteiger partial charge is 0.351 e. The quantitative estimate of drug-likeness (QED) is 0.731. The van der Waals surface area contributed by atoms with Crippen molar-refractivity contribution in [2.24, 2.45) is 5.73 Å². The highest BCUT2D eigenvalue weighted by Crippen LogP contribution is 2.21. The van der Waals surface area contributed by atoms with Gasteiger partial charge in [-0.25, -0.2) is 4.79 Å². The predicted octanol–water partition coefficient (Wildman–Crippen LogP) is 1.28. The normalized spacial score (nSPS) is 11.6. The van der Waals surface area contributed by atoms with Crippen LogP contribution in [0.2, 0.25) is 0 Å². The third-order valence-electron chi connectivity index (χ3n) is 1.71. The van der Waals surface area contributed by atoms with Gasteiger partial charge >= 0.3 is 6.03 Å². The standard InChI is InChI=1S/C9H10BrN3O3S/c1-4(10)7(14)12-6-2-5(3-17-6)8(15)13-9(11)16/h2-4H,1H3,(H,12,14)(H3,11,13,15,16). The molecule has 0 aliphatic heterocycles. The van der Waals surface area contributed by atoms with E-state index in [4.69, 9.17) is 5.73 Å². The lowest BCUT2D eigenvalue weighted by Gasteiger charge is -2.02. The predicted molar refractivity (Wildman–Crippen MR) is 68.4 cm³/mol. The van der Waals surface area contributed by atoms with Crippen molar-refractivity contribution >= 4 is 50.1 Å². The minimum absolute atomic E-state index is 0.214. The number of imide groups is 1. The molecule has 1 aromatic heterocycles. The summed E-state index contributed by atoms with van der Waals surface area (Å²) in [7, 11) is 0. The topological polar surface area (TPSA) is 101 Å². The summed E-state index contributed by atoms with van der Waals surface area (Å²) < 4.78 is 0. The molecule has 0 spiro atoms. The second-order valence-electron chi connectivity index (χ2n) is 3.12. The molecule has 1 atom stereocenters.